The van der Waals surface area contributed by atoms with Crippen molar-refractivity contribution in [3.63, 3.8) is 0 Å². The maximum atomic E-state index is 13.1. The van der Waals surface area contributed by atoms with Crippen LogP contribution in [-0.2, 0) is 11.3 Å². The Bertz CT molecular complexity index is 1100. The van der Waals surface area contributed by atoms with E-state index in [1.54, 1.807) is 22.7 Å². The maximum Gasteiger partial charge on any atom is 0.273 e. The lowest BCUT2D eigenvalue weighted by Gasteiger charge is -2.21. The molecule has 0 unspecified atom stereocenters. The number of aromatic nitrogens is 2. The Labute approximate surface area is 195 Å². The molecule has 7 nitrogen and oxygen atoms in total. The van der Waals surface area contributed by atoms with Gasteiger partial charge in [0.05, 0.1) is 0 Å². The molecule has 0 spiro atoms. The fraction of sp³-hybridized carbons (Fsp3) is 0.304. The number of pyridine rings is 1. The first-order valence-electron chi connectivity index (χ1n) is 10.4. The first-order chi connectivity index (χ1) is 15.5. The molecule has 32 heavy (non-hydrogen) atoms. The highest BCUT2D eigenvalue weighted by Gasteiger charge is 2.34. The first kappa shape index (κ1) is 22.2. The van der Waals surface area contributed by atoms with E-state index >= 15 is 0 Å². The van der Waals surface area contributed by atoms with Gasteiger partial charge in [0.1, 0.15) is 5.69 Å². The summed E-state index contributed by atoms with van der Waals surface area (Å²) in [5.41, 5.74) is 3.27. The number of nitrogens with one attached hydrogen (secondary N) is 2. The minimum atomic E-state index is -0.137. The van der Waals surface area contributed by atoms with E-state index in [-0.39, 0.29) is 24.3 Å². The van der Waals surface area contributed by atoms with Gasteiger partial charge in [-0.05, 0) is 55.2 Å². The second kappa shape index (κ2) is 10.1. The molecular weight excluding hydrogens is 446 g/mol. The van der Waals surface area contributed by atoms with E-state index in [0.717, 1.165) is 29.7 Å². The van der Waals surface area contributed by atoms with Gasteiger partial charge in [-0.1, -0.05) is 17.7 Å². The normalized spacial score (nSPS) is 12.9. The molecule has 2 heterocycles. The molecule has 1 aliphatic carbocycles. The molecule has 1 aromatic carbocycles. The smallest absolute Gasteiger partial charge is 0.273 e. The minimum Gasteiger partial charge on any atom is -0.352 e. The van der Waals surface area contributed by atoms with Crippen molar-refractivity contribution in [3.8, 4) is 0 Å². The lowest BCUT2D eigenvalue weighted by molar-refractivity contribution is -0.121. The Morgan fingerprint density at radius 3 is 2.75 bits per heavy atom. The van der Waals surface area contributed by atoms with E-state index in [1.807, 2.05) is 37.3 Å². The Hall–Kier alpha value is -2.97. The van der Waals surface area contributed by atoms with E-state index < -0.39 is 0 Å². The van der Waals surface area contributed by atoms with Gasteiger partial charge in [0, 0.05) is 54.0 Å². The third-order valence-corrected chi connectivity index (χ3v) is 6.22. The van der Waals surface area contributed by atoms with Crippen LogP contribution in [0.1, 0.15) is 40.9 Å². The molecule has 0 bridgehead atoms. The van der Waals surface area contributed by atoms with Crippen molar-refractivity contribution in [1.82, 2.24) is 20.2 Å². The topological polar surface area (TPSA) is 87.2 Å². The molecule has 0 saturated heterocycles. The Morgan fingerprint density at radius 1 is 1.22 bits per heavy atom. The number of halogens is 1. The Balaban J connectivity index is 1.34. The van der Waals surface area contributed by atoms with Crippen molar-refractivity contribution < 1.29 is 9.59 Å². The molecule has 3 aromatic rings. The number of rotatable bonds is 9. The molecule has 9 heteroatoms. The fourth-order valence-corrected chi connectivity index (χ4v) is 4.14. The van der Waals surface area contributed by atoms with Crippen molar-refractivity contribution in [2.45, 2.75) is 38.8 Å². The number of aryl methyl sites for hydroxylation is 1. The molecule has 0 aliphatic heterocycles. The summed E-state index contributed by atoms with van der Waals surface area (Å²) in [5.74, 6) is -0.223. The Morgan fingerprint density at radius 2 is 2.00 bits per heavy atom. The van der Waals surface area contributed by atoms with E-state index in [9.17, 15) is 9.59 Å². The summed E-state index contributed by atoms with van der Waals surface area (Å²) in [6, 6.07) is 9.50. The van der Waals surface area contributed by atoms with Crippen LogP contribution in [0.25, 0.3) is 0 Å². The number of carbonyl (C=O) groups is 2. The number of hydrogen-bond acceptors (Lipinski definition) is 6. The van der Waals surface area contributed by atoms with Crippen LogP contribution in [0.2, 0.25) is 5.02 Å². The van der Waals surface area contributed by atoms with Crippen LogP contribution in [0.4, 0.5) is 10.8 Å². The molecule has 1 aliphatic rings. The summed E-state index contributed by atoms with van der Waals surface area (Å²) in [6.45, 7) is 2.80. The van der Waals surface area contributed by atoms with Crippen molar-refractivity contribution in [1.29, 1.82) is 0 Å². The van der Waals surface area contributed by atoms with Gasteiger partial charge in [-0.15, -0.1) is 11.3 Å². The first-order valence-corrected chi connectivity index (χ1v) is 11.7. The lowest BCUT2D eigenvalue weighted by Crippen LogP contribution is -2.37. The summed E-state index contributed by atoms with van der Waals surface area (Å²) in [5, 5.41) is 9.15. The highest BCUT2D eigenvalue weighted by Crippen LogP contribution is 2.30. The molecule has 4 rings (SSSR count). The zero-order valence-electron chi connectivity index (χ0n) is 17.7. The molecule has 166 valence electrons. The molecule has 2 amide bonds. The summed E-state index contributed by atoms with van der Waals surface area (Å²) < 4.78 is 0. The Kier molecular flexibility index (Phi) is 7.02. The third kappa shape index (κ3) is 5.83. The number of amides is 2. The quantitative estimate of drug-likeness (QED) is 0.480. The standard InChI is InChI=1S/C23H24ClN5O2S/c1-15-2-3-17(24)12-19(15)27-23-28-20(14-32-23)22(31)29(18-4-5-18)11-8-21(30)26-13-16-6-9-25-10-7-16/h2-3,6-7,9-10,12,14,18H,4-5,8,11,13H2,1H3,(H,26,30)(H,27,28). The fourth-order valence-electron chi connectivity index (χ4n) is 3.27. The van der Waals surface area contributed by atoms with E-state index in [2.05, 4.69) is 20.6 Å². The molecule has 0 radical (unpaired) electrons. The van der Waals surface area contributed by atoms with E-state index in [0.29, 0.717) is 28.9 Å². The second-order valence-electron chi connectivity index (χ2n) is 7.73. The third-order valence-electron chi connectivity index (χ3n) is 5.23. The lowest BCUT2D eigenvalue weighted by atomic mass is 10.2. The minimum absolute atomic E-state index is 0.0858. The summed E-state index contributed by atoms with van der Waals surface area (Å²) in [6.07, 6.45) is 5.56. The highest BCUT2D eigenvalue weighted by atomic mass is 35.5. The molecule has 2 aromatic heterocycles. The average Bonchev–Trinajstić information content (AvgIpc) is 3.53. The van der Waals surface area contributed by atoms with Crippen molar-refractivity contribution in [3.05, 3.63) is 69.9 Å². The van der Waals surface area contributed by atoms with Crippen LogP contribution in [0, 0.1) is 6.92 Å². The van der Waals surface area contributed by atoms with Gasteiger partial charge >= 0.3 is 0 Å². The molecule has 1 saturated carbocycles. The van der Waals surface area contributed by atoms with Crippen molar-refractivity contribution in [2.24, 2.45) is 0 Å². The van der Waals surface area contributed by atoms with E-state index in [1.165, 1.54) is 11.3 Å². The average molecular weight is 470 g/mol. The monoisotopic (exact) mass is 469 g/mol. The summed E-state index contributed by atoms with van der Waals surface area (Å²) in [4.78, 5) is 35.6. The second-order valence-corrected chi connectivity index (χ2v) is 9.03. The number of thiazole rings is 1. The molecule has 0 atom stereocenters. The molecular formula is C23H24ClN5O2S. The van der Waals surface area contributed by atoms with E-state index in [4.69, 9.17) is 11.6 Å². The SMILES string of the molecule is Cc1ccc(Cl)cc1Nc1nc(C(=O)N(CCC(=O)NCc2ccncc2)C2CC2)cs1. The predicted octanol–water partition coefficient (Wildman–Crippen LogP) is 4.55. The largest absolute Gasteiger partial charge is 0.352 e. The zero-order chi connectivity index (χ0) is 22.5. The number of hydrogen-bond donors (Lipinski definition) is 2. The number of benzene rings is 1. The van der Waals surface area contributed by atoms with Crippen LogP contribution >= 0.6 is 22.9 Å². The van der Waals surface area contributed by atoms with Crippen LogP contribution < -0.4 is 10.6 Å². The number of nitrogens with zero attached hydrogens (tertiary/aromatic N) is 3. The highest BCUT2D eigenvalue weighted by molar-refractivity contribution is 7.14. The van der Waals surface area contributed by atoms with Gasteiger partial charge in [-0.25, -0.2) is 4.98 Å². The summed E-state index contributed by atoms with van der Waals surface area (Å²) >= 11 is 7.46. The number of anilines is 2. The van der Waals surface area contributed by atoms with Gasteiger partial charge in [0.2, 0.25) is 5.91 Å². The van der Waals surface area contributed by atoms with Gasteiger partial charge in [0.15, 0.2) is 5.13 Å². The molecule has 1 fully saturated rings. The summed E-state index contributed by atoms with van der Waals surface area (Å²) in [7, 11) is 0. The van der Waals surface area contributed by atoms with Crippen LogP contribution in [0.5, 0.6) is 0 Å². The maximum absolute atomic E-state index is 13.1. The van der Waals surface area contributed by atoms with Crippen LogP contribution in [-0.4, -0.2) is 39.3 Å². The van der Waals surface area contributed by atoms with Gasteiger partial charge in [0.25, 0.3) is 5.91 Å². The number of carbonyl (C=O) groups excluding carboxylic acids is 2. The van der Waals surface area contributed by atoms with Crippen LogP contribution in [0.15, 0.2) is 48.1 Å². The predicted molar refractivity (Wildman–Crippen MR) is 126 cm³/mol. The van der Waals surface area contributed by atoms with Crippen molar-refractivity contribution in [2.75, 3.05) is 11.9 Å². The van der Waals surface area contributed by atoms with Crippen LogP contribution in [0.3, 0.4) is 0 Å². The zero-order valence-corrected chi connectivity index (χ0v) is 19.2. The molecule has 2 N–H and O–H groups in total. The van der Waals surface area contributed by atoms with Gasteiger partial charge < -0.3 is 15.5 Å². The van der Waals surface area contributed by atoms with Crippen molar-refractivity contribution >= 4 is 45.6 Å². The van der Waals surface area contributed by atoms with Gasteiger partial charge in [-0.3, -0.25) is 14.6 Å². The van der Waals surface area contributed by atoms with Gasteiger partial charge in [-0.2, -0.15) is 0 Å².